The number of ether oxygens (including phenoxy) is 2. The molecule has 0 atom stereocenters. The van der Waals surface area contributed by atoms with Gasteiger partial charge < -0.3 is 9.47 Å². The van der Waals surface area contributed by atoms with Crippen molar-refractivity contribution in [2.75, 3.05) is 13.7 Å². The molecule has 0 aromatic heterocycles. The van der Waals surface area contributed by atoms with Crippen molar-refractivity contribution in [3.05, 3.63) is 96.6 Å². The summed E-state index contributed by atoms with van der Waals surface area (Å²) in [6.07, 6.45) is 0.873. The summed E-state index contributed by atoms with van der Waals surface area (Å²) in [4.78, 5) is 0. The molecule has 0 N–H and O–H groups in total. The third-order valence-electron chi connectivity index (χ3n) is 4.72. The van der Waals surface area contributed by atoms with E-state index in [1.165, 1.54) is 16.7 Å². The van der Waals surface area contributed by atoms with E-state index < -0.39 is 0 Å². The highest BCUT2D eigenvalue weighted by Gasteiger charge is 2.08. The van der Waals surface area contributed by atoms with Crippen LogP contribution < -0.4 is 9.47 Å². The van der Waals surface area contributed by atoms with Crippen LogP contribution in [-0.4, -0.2) is 13.7 Å². The standard InChI is InChI=1S/C25H22O2/c1-26-23-16-22-13-12-21(20-10-6-3-7-11-20)17-24(22)25(18-23)27-15-14-19-8-4-2-5-9-19/h2-13,16-18H,14-15H2,1H3. The van der Waals surface area contributed by atoms with Crippen molar-refractivity contribution >= 4 is 10.8 Å². The van der Waals surface area contributed by atoms with Gasteiger partial charge >= 0.3 is 0 Å². The van der Waals surface area contributed by atoms with Gasteiger partial charge in [-0.1, -0.05) is 72.8 Å². The molecule has 0 aliphatic carbocycles. The zero-order valence-electron chi connectivity index (χ0n) is 15.4. The minimum absolute atomic E-state index is 0.627. The van der Waals surface area contributed by atoms with Crippen LogP contribution >= 0.6 is 0 Å². The summed E-state index contributed by atoms with van der Waals surface area (Å²) in [5, 5.41) is 2.22. The summed E-state index contributed by atoms with van der Waals surface area (Å²) in [5.41, 5.74) is 3.65. The Morgan fingerprint density at radius 1 is 0.704 bits per heavy atom. The molecule has 134 valence electrons. The van der Waals surface area contributed by atoms with E-state index in [0.717, 1.165) is 28.7 Å². The van der Waals surface area contributed by atoms with Gasteiger partial charge in [0.1, 0.15) is 11.5 Å². The van der Waals surface area contributed by atoms with Crippen LogP contribution in [0.4, 0.5) is 0 Å². The normalized spacial score (nSPS) is 10.7. The molecule has 0 bridgehead atoms. The lowest BCUT2D eigenvalue weighted by molar-refractivity contribution is 0.323. The zero-order chi connectivity index (χ0) is 18.5. The number of rotatable bonds is 6. The second kappa shape index (κ2) is 7.96. The Labute approximate surface area is 160 Å². The third-order valence-corrected chi connectivity index (χ3v) is 4.72. The van der Waals surface area contributed by atoms with E-state index in [9.17, 15) is 0 Å². The molecule has 0 fully saturated rings. The quantitative estimate of drug-likeness (QED) is 0.414. The van der Waals surface area contributed by atoms with Gasteiger partial charge in [0, 0.05) is 17.9 Å². The summed E-state index contributed by atoms with van der Waals surface area (Å²) in [6.45, 7) is 0.627. The van der Waals surface area contributed by atoms with Crippen LogP contribution in [0, 0.1) is 0 Å². The molecule has 0 aliphatic rings. The van der Waals surface area contributed by atoms with Gasteiger partial charge in [-0.05, 0) is 34.2 Å². The van der Waals surface area contributed by atoms with Crippen molar-refractivity contribution in [3.63, 3.8) is 0 Å². The van der Waals surface area contributed by atoms with E-state index in [2.05, 4.69) is 66.7 Å². The van der Waals surface area contributed by atoms with Crippen molar-refractivity contribution in [1.29, 1.82) is 0 Å². The Balaban J connectivity index is 1.66. The van der Waals surface area contributed by atoms with Crippen LogP contribution in [-0.2, 0) is 6.42 Å². The van der Waals surface area contributed by atoms with Crippen LogP contribution in [0.25, 0.3) is 21.9 Å². The molecule has 0 spiro atoms. The molecule has 0 radical (unpaired) electrons. The fraction of sp³-hybridized carbons (Fsp3) is 0.120. The Kier molecular flexibility index (Phi) is 5.06. The number of methoxy groups -OCH3 is 1. The van der Waals surface area contributed by atoms with Crippen LogP contribution in [0.15, 0.2) is 91.0 Å². The lowest BCUT2D eigenvalue weighted by Crippen LogP contribution is -2.02. The van der Waals surface area contributed by atoms with Gasteiger partial charge in [-0.15, -0.1) is 0 Å². The lowest BCUT2D eigenvalue weighted by atomic mass is 10.0. The van der Waals surface area contributed by atoms with Gasteiger partial charge in [0.05, 0.1) is 13.7 Å². The van der Waals surface area contributed by atoms with Gasteiger partial charge in [0.2, 0.25) is 0 Å². The predicted octanol–water partition coefficient (Wildman–Crippen LogP) is 6.14. The molecule has 4 rings (SSSR count). The number of hydrogen-bond acceptors (Lipinski definition) is 2. The average molecular weight is 354 g/mol. The highest BCUT2D eigenvalue weighted by Crippen LogP contribution is 2.34. The molecule has 0 saturated carbocycles. The van der Waals surface area contributed by atoms with Crippen molar-refractivity contribution in [2.45, 2.75) is 6.42 Å². The second-order valence-electron chi connectivity index (χ2n) is 6.51. The van der Waals surface area contributed by atoms with Crippen LogP contribution in [0.5, 0.6) is 11.5 Å². The van der Waals surface area contributed by atoms with E-state index in [1.807, 2.05) is 24.3 Å². The van der Waals surface area contributed by atoms with E-state index in [1.54, 1.807) is 7.11 Å². The minimum Gasteiger partial charge on any atom is -0.497 e. The molecule has 2 heteroatoms. The molecule has 0 heterocycles. The fourth-order valence-electron chi connectivity index (χ4n) is 3.27. The van der Waals surface area contributed by atoms with Gasteiger partial charge in [0.25, 0.3) is 0 Å². The summed E-state index contributed by atoms with van der Waals surface area (Å²) in [7, 11) is 1.69. The maximum atomic E-state index is 6.18. The first kappa shape index (κ1) is 17.2. The molecular formula is C25H22O2. The minimum atomic E-state index is 0.627. The maximum Gasteiger partial charge on any atom is 0.130 e. The molecular weight excluding hydrogens is 332 g/mol. The predicted molar refractivity (Wildman–Crippen MR) is 112 cm³/mol. The van der Waals surface area contributed by atoms with E-state index in [0.29, 0.717) is 6.61 Å². The van der Waals surface area contributed by atoms with Crippen molar-refractivity contribution in [2.24, 2.45) is 0 Å². The van der Waals surface area contributed by atoms with Crippen molar-refractivity contribution < 1.29 is 9.47 Å². The Bertz CT molecular complexity index is 1020. The second-order valence-corrected chi connectivity index (χ2v) is 6.51. The Morgan fingerprint density at radius 3 is 2.19 bits per heavy atom. The summed E-state index contributed by atoms with van der Waals surface area (Å²) in [5.74, 6) is 1.67. The molecule has 0 saturated heterocycles. The fourth-order valence-corrected chi connectivity index (χ4v) is 3.27. The molecule has 4 aromatic carbocycles. The topological polar surface area (TPSA) is 18.5 Å². The lowest BCUT2D eigenvalue weighted by Gasteiger charge is -2.13. The molecule has 27 heavy (non-hydrogen) atoms. The molecule has 0 amide bonds. The van der Waals surface area contributed by atoms with E-state index >= 15 is 0 Å². The summed E-state index contributed by atoms with van der Waals surface area (Å²) in [6, 6.07) is 31.3. The molecule has 4 aromatic rings. The highest BCUT2D eigenvalue weighted by atomic mass is 16.5. The van der Waals surface area contributed by atoms with Crippen LogP contribution in [0.2, 0.25) is 0 Å². The maximum absolute atomic E-state index is 6.18. The van der Waals surface area contributed by atoms with Gasteiger partial charge in [0.15, 0.2) is 0 Å². The summed E-state index contributed by atoms with van der Waals surface area (Å²) >= 11 is 0. The van der Waals surface area contributed by atoms with E-state index in [4.69, 9.17) is 9.47 Å². The Hall–Kier alpha value is -3.26. The molecule has 2 nitrogen and oxygen atoms in total. The first-order chi connectivity index (χ1) is 13.3. The average Bonchev–Trinajstić information content (AvgIpc) is 2.74. The molecule has 0 aliphatic heterocycles. The van der Waals surface area contributed by atoms with Crippen molar-refractivity contribution in [3.8, 4) is 22.6 Å². The van der Waals surface area contributed by atoms with Gasteiger partial charge in [-0.25, -0.2) is 0 Å². The SMILES string of the molecule is COc1cc(OCCc2ccccc2)c2cc(-c3ccccc3)ccc2c1. The number of fused-ring (bicyclic) bond motifs is 1. The summed E-state index contributed by atoms with van der Waals surface area (Å²) < 4.78 is 11.6. The highest BCUT2D eigenvalue weighted by molar-refractivity contribution is 5.93. The largest absolute Gasteiger partial charge is 0.497 e. The first-order valence-corrected chi connectivity index (χ1v) is 9.17. The number of hydrogen-bond donors (Lipinski definition) is 0. The van der Waals surface area contributed by atoms with Crippen LogP contribution in [0.1, 0.15) is 5.56 Å². The van der Waals surface area contributed by atoms with Gasteiger partial charge in [-0.2, -0.15) is 0 Å². The van der Waals surface area contributed by atoms with E-state index in [-0.39, 0.29) is 0 Å². The molecule has 0 unspecified atom stereocenters. The number of benzene rings is 4. The first-order valence-electron chi connectivity index (χ1n) is 9.17. The van der Waals surface area contributed by atoms with Gasteiger partial charge in [-0.3, -0.25) is 0 Å². The smallest absolute Gasteiger partial charge is 0.130 e. The monoisotopic (exact) mass is 354 g/mol. The van der Waals surface area contributed by atoms with Crippen molar-refractivity contribution in [1.82, 2.24) is 0 Å². The Morgan fingerprint density at radius 2 is 1.44 bits per heavy atom. The zero-order valence-corrected chi connectivity index (χ0v) is 15.4. The third kappa shape index (κ3) is 3.95. The van der Waals surface area contributed by atoms with Crippen LogP contribution in [0.3, 0.4) is 0 Å².